The van der Waals surface area contributed by atoms with Crippen molar-refractivity contribution in [2.75, 3.05) is 13.7 Å². The van der Waals surface area contributed by atoms with Crippen LogP contribution in [0.25, 0.3) is 0 Å². The summed E-state index contributed by atoms with van der Waals surface area (Å²) in [5.41, 5.74) is 5.51. The molecule has 0 aliphatic rings. The van der Waals surface area contributed by atoms with Gasteiger partial charge in [0, 0.05) is 6.20 Å². The molecule has 0 radical (unpaired) electrons. The molecule has 0 rings (SSSR count). The molecule has 0 aromatic carbocycles. The van der Waals surface area contributed by atoms with E-state index in [0.717, 1.165) is 6.67 Å². The summed E-state index contributed by atoms with van der Waals surface area (Å²) in [4.78, 5) is 0. The van der Waals surface area contributed by atoms with Crippen LogP contribution in [-0.2, 0) is 0 Å². The van der Waals surface area contributed by atoms with Gasteiger partial charge in [-0.1, -0.05) is 6.58 Å². The highest BCUT2D eigenvalue weighted by Gasteiger charge is 1.68. The van der Waals surface area contributed by atoms with Gasteiger partial charge < -0.3 is 10.7 Å². The molecular formula is C4H11N3. The minimum absolute atomic E-state index is 0.742. The standard InChI is InChI=1S/C4H11N3/c1-3-6-7-4-5-2/h3,5-7H,1,4H2,2H3. The Labute approximate surface area is 43.8 Å². The molecule has 0 unspecified atom stereocenters. The van der Waals surface area contributed by atoms with Crippen LogP contribution in [0, 0.1) is 0 Å². The molecule has 0 fully saturated rings. The van der Waals surface area contributed by atoms with Gasteiger partial charge in [-0.05, 0) is 7.05 Å². The molecule has 0 aromatic heterocycles. The fourth-order valence-electron chi connectivity index (χ4n) is 0.212. The maximum Gasteiger partial charge on any atom is 0.0635 e. The van der Waals surface area contributed by atoms with E-state index >= 15 is 0 Å². The summed E-state index contributed by atoms with van der Waals surface area (Å²) in [5.74, 6) is 0. The second-order valence-corrected chi connectivity index (χ2v) is 1.06. The van der Waals surface area contributed by atoms with Crippen LogP contribution in [0.4, 0.5) is 0 Å². The van der Waals surface area contributed by atoms with Crippen molar-refractivity contribution >= 4 is 0 Å². The van der Waals surface area contributed by atoms with Crippen molar-refractivity contribution in [1.82, 2.24) is 16.2 Å². The van der Waals surface area contributed by atoms with E-state index < -0.39 is 0 Å². The number of hydrogen-bond acceptors (Lipinski definition) is 3. The monoisotopic (exact) mass is 101 g/mol. The van der Waals surface area contributed by atoms with E-state index in [1.54, 1.807) is 6.20 Å². The third-order valence-corrected chi connectivity index (χ3v) is 0.469. The first-order valence-corrected chi connectivity index (χ1v) is 2.15. The highest BCUT2D eigenvalue weighted by Crippen LogP contribution is 1.41. The normalized spacial score (nSPS) is 8.14. The highest BCUT2D eigenvalue weighted by atomic mass is 15.4. The molecule has 3 heteroatoms. The Balaban J connectivity index is 2.56. The number of hydrazine groups is 1. The second-order valence-electron chi connectivity index (χ2n) is 1.06. The van der Waals surface area contributed by atoms with Gasteiger partial charge in [0.25, 0.3) is 0 Å². The summed E-state index contributed by atoms with van der Waals surface area (Å²) in [6.07, 6.45) is 1.58. The number of nitrogens with one attached hydrogen (secondary N) is 3. The molecule has 0 saturated heterocycles. The zero-order valence-corrected chi connectivity index (χ0v) is 4.49. The van der Waals surface area contributed by atoms with Gasteiger partial charge in [-0.15, -0.1) is 0 Å². The molecule has 0 aliphatic carbocycles. The molecular weight excluding hydrogens is 90.1 g/mol. The Kier molecular flexibility index (Phi) is 5.04. The molecule has 7 heavy (non-hydrogen) atoms. The number of rotatable bonds is 4. The van der Waals surface area contributed by atoms with Crippen molar-refractivity contribution in [3.05, 3.63) is 12.8 Å². The third-order valence-electron chi connectivity index (χ3n) is 0.469. The van der Waals surface area contributed by atoms with E-state index in [1.165, 1.54) is 0 Å². The fraction of sp³-hybridized carbons (Fsp3) is 0.500. The molecule has 0 aliphatic heterocycles. The average molecular weight is 101 g/mol. The van der Waals surface area contributed by atoms with Gasteiger partial charge in [-0.25, -0.2) is 5.43 Å². The minimum Gasteiger partial charge on any atom is -0.328 e. The zero-order valence-electron chi connectivity index (χ0n) is 4.49. The smallest absolute Gasteiger partial charge is 0.0635 e. The second kappa shape index (κ2) is 5.46. The molecule has 0 atom stereocenters. The summed E-state index contributed by atoms with van der Waals surface area (Å²) in [6.45, 7) is 4.17. The van der Waals surface area contributed by atoms with Crippen LogP contribution in [0.15, 0.2) is 12.8 Å². The Bertz CT molecular complexity index is 44.2. The van der Waals surface area contributed by atoms with E-state index in [9.17, 15) is 0 Å². The average Bonchev–Trinajstić information content (AvgIpc) is 1.69. The van der Waals surface area contributed by atoms with E-state index in [2.05, 4.69) is 22.7 Å². The fourth-order valence-corrected chi connectivity index (χ4v) is 0.212. The Morgan fingerprint density at radius 2 is 2.43 bits per heavy atom. The van der Waals surface area contributed by atoms with Gasteiger partial charge in [-0.3, -0.25) is 0 Å². The van der Waals surface area contributed by atoms with Crippen LogP contribution in [-0.4, -0.2) is 13.7 Å². The van der Waals surface area contributed by atoms with Gasteiger partial charge >= 0.3 is 0 Å². The molecule has 0 saturated carbocycles. The van der Waals surface area contributed by atoms with Crippen molar-refractivity contribution in [1.29, 1.82) is 0 Å². The third kappa shape index (κ3) is 5.46. The summed E-state index contributed by atoms with van der Waals surface area (Å²) in [7, 11) is 1.86. The first-order valence-electron chi connectivity index (χ1n) is 2.15. The Morgan fingerprint density at radius 1 is 1.71 bits per heavy atom. The lowest BCUT2D eigenvalue weighted by Gasteiger charge is -1.99. The van der Waals surface area contributed by atoms with Crippen LogP contribution in [0.2, 0.25) is 0 Å². The predicted octanol–water partition coefficient (Wildman–Crippen LogP) is -0.599. The van der Waals surface area contributed by atoms with E-state index in [4.69, 9.17) is 0 Å². The van der Waals surface area contributed by atoms with Crippen molar-refractivity contribution in [2.45, 2.75) is 0 Å². The van der Waals surface area contributed by atoms with E-state index in [-0.39, 0.29) is 0 Å². The SMILES string of the molecule is C=CNNCNC. The van der Waals surface area contributed by atoms with Crippen molar-refractivity contribution in [3.63, 3.8) is 0 Å². The van der Waals surface area contributed by atoms with E-state index in [1.807, 2.05) is 7.05 Å². The number of hydrogen-bond donors (Lipinski definition) is 3. The lowest BCUT2D eigenvalue weighted by atomic mass is 11.0. The molecule has 42 valence electrons. The van der Waals surface area contributed by atoms with E-state index in [0.29, 0.717) is 0 Å². The molecule has 0 amide bonds. The largest absolute Gasteiger partial charge is 0.328 e. The molecule has 0 aromatic rings. The van der Waals surface area contributed by atoms with Crippen LogP contribution >= 0.6 is 0 Å². The summed E-state index contributed by atoms with van der Waals surface area (Å²) in [6, 6.07) is 0. The van der Waals surface area contributed by atoms with Crippen LogP contribution in [0.5, 0.6) is 0 Å². The van der Waals surface area contributed by atoms with Crippen LogP contribution in [0.1, 0.15) is 0 Å². The topological polar surface area (TPSA) is 36.1 Å². The lowest BCUT2D eigenvalue weighted by molar-refractivity contribution is 0.583. The van der Waals surface area contributed by atoms with Gasteiger partial charge in [0.1, 0.15) is 0 Å². The molecule has 3 N–H and O–H groups in total. The van der Waals surface area contributed by atoms with Gasteiger partial charge in [0.15, 0.2) is 0 Å². The highest BCUT2D eigenvalue weighted by molar-refractivity contribution is 4.56. The quantitative estimate of drug-likeness (QED) is 0.251. The lowest BCUT2D eigenvalue weighted by Crippen LogP contribution is -2.34. The van der Waals surface area contributed by atoms with Gasteiger partial charge in [0.05, 0.1) is 6.67 Å². The van der Waals surface area contributed by atoms with Crippen molar-refractivity contribution < 1.29 is 0 Å². The van der Waals surface area contributed by atoms with Crippen molar-refractivity contribution in [3.8, 4) is 0 Å². The minimum atomic E-state index is 0.742. The summed E-state index contributed by atoms with van der Waals surface area (Å²) >= 11 is 0. The summed E-state index contributed by atoms with van der Waals surface area (Å²) < 4.78 is 0. The van der Waals surface area contributed by atoms with Gasteiger partial charge in [-0.2, -0.15) is 0 Å². The maximum atomic E-state index is 3.43. The van der Waals surface area contributed by atoms with Crippen molar-refractivity contribution in [2.24, 2.45) is 0 Å². The molecule has 0 spiro atoms. The predicted molar refractivity (Wildman–Crippen MR) is 30.4 cm³/mol. The molecule has 0 heterocycles. The maximum absolute atomic E-state index is 3.43. The Hall–Kier alpha value is -0.540. The molecule has 3 nitrogen and oxygen atoms in total. The Morgan fingerprint density at radius 3 is 2.86 bits per heavy atom. The van der Waals surface area contributed by atoms with Crippen LogP contribution < -0.4 is 16.2 Å². The van der Waals surface area contributed by atoms with Gasteiger partial charge in [0.2, 0.25) is 0 Å². The zero-order chi connectivity index (χ0) is 5.54. The first kappa shape index (κ1) is 6.46. The first-order chi connectivity index (χ1) is 3.41. The van der Waals surface area contributed by atoms with Crippen LogP contribution in [0.3, 0.4) is 0 Å². The molecule has 0 bridgehead atoms. The summed E-state index contributed by atoms with van der Waals surface area (Å²) in [5, 5.41) is 2.88.